The quantitative estimate of drug-likeness (QED) is 0.452. The molecule has 0 unspecified atom stereocenters. The molecule has 5 nitrogen and oxygen atoms in total. The van der Waals surface area contributed by atoms with Gasteiger partial charge in [0.2, 0.25) is 0 Å². The number of hydrogen-bond acceptors (Lipinski definition) is 5. The zero-order valence-corrected chi connectivity index (χ0v) is 18.8. The maximum atomic E-state index is 13.3. The number of thiophene rings is 1. The number of methoxy groups -OCH3 is 1. The van der Waals surface area contributed by atoms with E-state index >= 15 is 0 Å². The number of rotatable bonds is 3. The molecule has 1 aliphatic heterocycles. The Hall–Kier alpha value is -3.12. The third kappa shape index (κ3) is 3.72. The van der Waals surface area contributed by atoms with Gasteiger partial charge in [0.25, 0.3) is 5.91 Å². The standard InChI is InChI=1S/C25H25N3O2S/c1-16-4-7-20(8-5-16)28-11-10-27(15-17(28)2)25(29)23-13-19-12-18-6-9-21(30-3)14-22(18)26-24(19)31-23/h4-9,12-14,17H,10-11,15H2,1-3H3/t17-/m0/s1. The molecule has 6 heteroatoms. The van der Waals surface area contributed by atoms with Gasteiger partial charge in [-0.1, -0.05) is 17.7 Å². The average molecular weight is 432 g/mol. The van der Waals surface area contributed by atoms with Crippen LogP contribution in [0.3, 0.4) is 0 Å². The number of anilines is 1. The van der Waals surface area contributed by atoms with Crippen molar-refractivity contribution in [1.82, 2.24) is 9.88 Å². The van der Waals surface area contributed by atoms with Crippen molar-refractivity contribution < 1.29 is 9.53 Å². The van der Waals surface area contributed by atoms with Gasteiger partial charge in [0, 0.05) is 48.2 Å². The van der Waals surface area contributed by atoms with E-state index in [1.165, 1.54) is 22.6 Å². The van der Waals surface area contributed by atoms with E-state index in [0.29, 0.717) is 6.54 Å². The normalized spacial score (nSPS) is 16.8. The number of carbonyl (C=O) groups is 1. The SMILES string of the molecule is COc1ccc2cc3cc(C(=O)N4CCN(c5ccc(C)cc5)[C@@H](C)C4)sc3nc2c1. The van der Waals surface area contributed by atoms with Gasteiger partial charge >= 0.3 is 0 Å². The van der Waals surface area contributed by atoms with Gasteiger partial charge < -0.3 is 14.5 Å². The van der Waals surface area contributed by atoms with Gasteiger partial charge in [0.15, 0.2) is 0 Å². The second-order valence-electron chi connectivity index (χ2n) is 8.18. The van der Waals surface area contributed by atoms with Crippen LogP contribution in [0.5, 0.6) is 5.75 Å². The number of benzene rings is 2. The van der Waals surface area contributed by atoms with Crippen molar-refractivity contribution in [2.45, 2.75) is 19.9 Å². The number of nitrogens with zero attached hydrogens (tertiary/aromatic N) is 3. The molecule has 0 spiro atoms. The van der Waals surface area contributed by atoms with Crippen molar-refractivity contribution in [2.75, 3.05) is 31.6 Å². The largest absolute Gasteiger partial charge is 0.497 e. The molecule has 5 rings (SSSR count). The van der Waals surface area contributed by atoms with Crippen LogP contribution in [-0.4, -0.2) is 48.6 Å². The summed E-state index contributed by atoms with van der Waals surface area (Å²) in [5.74, 6) is 0.882. The molecule has 0 radical (unpaired) electrons. The first-order valence-corrected chi connectivity index (χ1v) is 11.3. The lowest BCUT2D eigenvalue weighted by Gasteiger charge is -2.41. The fourth-order valence-electron chi connectivity index (χ4n) is 4.26. The Kier molecular flexibility index (Phi) is 5.02. The highest BCUT2D eigenvalue weighted by Crippen LogP contribution is 2.30. The van der Waals surface area contributed by atoms with Crippen LogP contribution in [0.15, 0.2) is 54.6 Å². The van der Waals surface area contributed by atoms with Gasteiger partial charge in [0.1, 0.15) is 10.6 Å². The van der Waals surface area contributed by atoms with Crippen LogP contribution in [0.25, 0.3) is 21.1 Å². The van der Waals surface area contributed by atoms with Crippen LogP contribution >= 0.6 is 11.3 Å². The van der Waals surface area contributed by atoms with E-state index in [1.54, 1.807) is 7.11 Å². The smallest absolute Gasteiger partial charge is 0.264 e. The van der Waals surface area contributed by atoms with E-state index in [1.807, 2.05) is 29.2 Å². The van der Waals surface area contributed by atoms with E-state index in [-0.39, 0.29) is 11.9 Å². The summed E-state index contributed by atoms with van der Waals surface area (Å²) in [7, 11) is 1.65. The summed E-state index contributed by atoms with van der Waals surface area (Å²) in [5.41, 5.74) is 3.36. The minimum absolute atomic E-state index is 0.0973. The van der Waals surface area contributed by atoms with Crippen LogP contribution in [0.1, 0.15) is 22.2 Å². The summed E-state index contributed by atoms with van der Waals surface area (Å²) in [6, 6.07) is 18.8. The number of aromatic nitrogens is 1. The minimum Gasteiger partial charge on any atom is -0.497 e. The van der Waals surface area contributed by atoms with Crippen LogP contribution in [-0.2, 0) is 0 Å². The minimum atomic E-state index is 0.0973. The van der Waals surface area contributed by atoms with Gasteiger partial charge in [-0.25, -0.2) is 4.98 Å². The van der Waals surface area contributed by atoms with Crippen molar-refractivity contribution in [3.63, 3.8) is 0 Å². The second-order valence-corrected chi connectivity index (χ2v) is 9.21. The first kappa shape index (κ1) is 19.8. The number of piperazine rings is 1. The predicted molar refractivity (Wildman–Crippen MR) is 128 cm³/mol. The van der Waals surface area contributed by atoms with Gasteiger partial charge in [-0.3, -0.25) is 4.79 Å². The number of amides is 1. The highest BCUT2D eigenvalue weighted by atomic mass is 32.1. The third-order valence-electron chi connectivity index (χ3n) is 6.00. The molecule has 1 atom stereocenters. The van der Waals surface area contributed by atoms with Crippen molar-refractivity contribution >= 4 is 44.1 Å². The molecule has 31 heavy (non-hydrogen) atoms. The highest BCUT2D eigenvalue weighted by Gasteiger charge is 2.28. The molecule has 1 saturated heterocycles. The lowest BCUT2D eigenvalue weighted by Crippen LogP contribution is -2.53. The Bertz CT molecular complexity index is 1270. The van der Waals surface area contributed by atoms with Crippen LogP contribution in [0, 0.1) is 6.92 Å². The Morgan fingerprint density at radius 3 is 2.61 bits per heavy atom. The van der Waals surface area contributed by atoms with Crippen LogP contribution in [0.2, 0.25) is 0 Å². The van der Waals surface area contributed by atoms with Gasteiger partial charge in [0.05, 0.1) is 17.5 Å². The first-order chi connectivity index (χ1) is 15.0. The highest BCUT2D eigenvalue weighted by molar-refractivity contribution is 7.20. The van der Waals surface area contributed by atoms with Gasteiger partial charge in [-0.05, 0) is 50.2 Å². The summed E-state index contributed by atoms with van der Waals surface area (Å²) in [5, 5.41) is 2.06. The van der Waals surface area contributed by atoms with Crippen LogP contribution < -0.4 is 9.64 Å². The fraction of sp³-hybridized carbons (Fsp3) is 0.280. The number of ether oxygens (including phenoxy) is 1. The molecule has 1 fully saturated rings. The lowest BCUT2D eigenvalue weighted by molar-refractivity contribution is 0.0731. The third-order valence-corrected chi connectivity index (χ3v) is 7.03. The number of carbonyl (C=O) groups excluding carboxylic acids is 1. The van der Waals surface area contributed by atoms with Gasteiger partial charge in [-0.15, -0.1) is 11.3 Å². The molecular weight excluding hydrogens is 406 g/mol. The lowest BCUT2D eigenvalue weighted by atomic mass is 10.1. The van der Waals surface area contributed by atoms with Crippen molar-refractivity contribution in [1.29, 1.82) is 0 Å². The second kappa shape index (κ2) is 7.85. The fourth-order valence-corrected chi connectivity index (χ4v) is 5.25. The number of aryl methyl sites for hydroxylation is 1. The summed E-state index contributed by atoms with van der Waals surface area (Å²) >= 11 is 1.47. The number of hydrogen-bond donors (Lipinski definition) is 0. The van der Waals surface area contributed by atoms with Crippen molar-refractivity contribution in [3.05, 3.63) is 65.0 Å². The molecule has 1 amide bonds. The summed E-state index contributed by atoms with van der Waals surface area (Å²) < 4.78 is 5.31. The maximum absolute atomic E-state index is 13.3. The Morgan fingerprint density at radius 2 is 1.87 bits per heavy atom. The predicted octanol–water partition coefficient (Wildman–Crippen LogP) is 5.12. The zero-order valence-electron chi connectivity index (χ0n) is 18.0. The Morgan fingerprint density at radius 1 is 1.06 bits per heavy atom. The first-order valence-electron chi connectivity index (χ1n) is 10.5. The molecule has 0 bridgehead atoms. The maximum Gasteiger partial charge on any atom is 0.264 e. The van der Waals surface area contributed by atoms with E-state index < -0.39 is 0 Å². The van der Waals surface area contributed by atoms with Crippen molar-refractivity contribution in [2.24, 2.45) is 0 Å². The summed E-state index contributed by atoms with van der Waals surface area (Å²) in [6.45, 7) is 6.56. The molecule has 158 valence electrons. The molecule has 2 aromatic heterocycles. The van der Waals surface area contributed by atoms with Crippen LogP contribution in [0.4, 0.5) is 5.69 Å². The van der Waals surface area contributed by atoms with E-state index in [9.17, 15) is 4.79 Å². The molecule has 3 heterocycles. The average Bonchev–Trinajstić information content (AvgIpc) is 3.20. The summed E-state index contributed by atoms with van der Waals surface area (Å²) in [6.07, 6.45) is 0. The Balaban J connectivity index is 1.37. The number of pyridine rings is 1. The molecule has 2 aromatic carbocycles. The monoisotopic (exact) mass is 431 g/mol. The summed E-state index contributed by atoms with van der Waals surface area (Å²) in [4.78, 5) is 24.0. The zero-order chi connectivity index (χ0) is 21.5. The van der Waals surface area contributed by atoms with E-state index in [0.717, 1.165) is 44.8 Å². The topological polar surface area (TPSA) is 45.7 Å². The molecule has 0 N–H and O–H groups in total. The van der Waals surface area contributed by atoms with E-state index in [4.69, 9.17) is 9.72 Å². The molecule has 1 aliphatic rings. The van der Waals surface area contributed by atoms with Gasteiger partial charge in [-0.2, -0.15) is 0 Å². The number of fused-ring (bicyclic) bond motifs is 2. The molecular formula is C25H25N3O2S. The van der Waals surface area contributed by atoms with E-state index in [2.05, 4.69) is 49.1 Å². The molecule has 4 aromatic rings. The molecule has 0 saturated carbocycles. The molecule has 0 aliphatic carbocycles. The Labute approximate surface area is 185 Å². The van der Waals surface area contributed by atoms with Crippen molar-refractivity contribution in [3.8, 4) is 5.75 Å².